The van der Waals surface area contributed by atoms with Crippen LogP contribution in [0.4, 0.5) is 0 Å². The minimum atomic E-state index is 0.467. The summed E-state index contributed by atoms with van der Waals surface area (Å²) in [6, 6.07) is 9.82. The molecule has 142 valence electrons. The fourth-order valence-corrected chi connectivity index (χ4v) is 6.46. The zero-order valence-electron chi connectivity index (χ0n) is 16.2. The molecule has 3 aliphatic carbocycles. The number of para-hydroxylation sites is 1. The minimum absolute atomic E-state index is 0.467. The lowest BCUT2D eigenvalue weighted by atomic mass is 9.82. The van der Waals surface area contributed by atoms with E-state index in [-0.39, 0.29) is 0 Å². The van der Waals surface area contributed by atoms with E-state index in [1.54, 1.807) is 6.42 Å². The van der Waals surface area contributed by atoms with Crippen LogP contribution in [0.2, 0.25) is 0 Å². The maximum atomic E-state index is 6.43. The number of ether oxygens (including phenoxy) is 1. The number of likely N-dealkylation sites (tertiary alicyclic amines) is 1. The summed E-state index contributed by atoms with van der Waals surface area (Å²) in [6.45, 7) is 2.60. The third kappa shape index (κ3) is 3.54. The van der Waals surface area contributed by atoms with Crippen LogP contribution in [0.5, 0.6) is 5.75 Å². The molecule has 0 aromatic heterocycles. The topological polar surface area (TPSA) is 12.5 Å². The van der Waals surface area contributed by atoms with Gasteiger partial charge in [-0.15, -0.1) is 0 Å². The molecule has 0 N–H and O–H groups in total. The van der Waals surface area contributed by atoms with Gasteiger partial charge in [-0.3, -0.25) is 0 Å². The zero-order valence-corrected chi connectivity index (χ0v) is 16.2. The van der Waals surface area contributed by atoms with Crippen LogP contribution in [0, 0.1) is 11.8 Å². The first kappa shape index (κ1) is 17.1. The number of rotatable bonds is 4. The normalized spacial score (nSPS) is 33.6. The van der Waals surface area contributed by atoms with Crippen molar-refractivity contribution in [1.29, 1.82) is 0 Å². The Morgan fingerprint density at radius 3 is 2.19 bits per heavy atom. The van der Waals surface area contributed by atoms with Gasteiger partial charge in [0, 0.05) is 6.04 Å². The quantitative estimate of drug-likeness (QED) is 0.682. The second kappa shape index (κ2) is 7.54. The van der Waals surface area contributed by atoms with Crippen molar-refractivity contribution in [3.8, 4) is 5.75 Å². The maximum Gasteiger partial charge on any atom is 0.123 e. The summed E-state index contributed by atoms with van der Waals surface area (Å²) < 4.78 is 6.43. The van der Waals surface area contributed by atoms with E-state index < -0.39 is 0 Å². The van der Waals surface area contributed by atoms with Crippen LogP contribution in [-0.2, 0) is 0 Å². The predicted octanol–water partition coefficient (Wildman–Crippen LogP) is 5.77. The molecule has 3 saturated carbocycles. The lowest BCUT2D eigenvalue weighted by Crippen LogP contribution is -2.43. The SMILES string of the molecule is c1ccc(C2CCN(C3CC4CCC(C4)C3)CC2)c(OC2CCCC2)c1. The third-order valence-electron chi connectivity index (χ3n) is 7.86. The van der Waals surface area contributed by atoms with Crippen molar-refractivity contribution in [2.75, 3.05) is 13.1 Å². The molecule has 2 bridgehead atoms. The van der Waals surface area contributed by atoms with E-state index in [0.717, 1.165) is 17.9 Å². The van der Waals surface area contributed by atoms with Gasteiger partial charge in [0.1, 0.15) is 5.75 Å². The van der Waals surface area contributed by atoms with Crippen molar-refractivity contribution < 1.29 is 4.74 Å². The summed E-state index contributed by atoms with van der Waals surface area (Å²) in [5.41, 5.74) is 1.49. The molecule has 0 radical (unpaired) electrons. The van der Waals surface area contributed by atoms with Crippen molar-refractivity contribution in [2.24, 2.45) is 11.8 Å². The number of hydrogen-bond acceptors (Lipinski definition) is 2. The third-order valence-corrected chi connectivity index (χ3v) is 7.86. The highest BCUT2D eigenvalue weighted by Gasteiger charge is 2.37. The molecule has 0 amide bonds. The Bertz CT molecular complexity index is 588. The van der Waals surface area contributed by atoms with Crippen molar-refractivity contribution >= 4 is 0 Å². The second-order valence-corrected chi connectivity index (χ2v) is 9.54. The average molecular weight is 354 g/mol. The van der Waals surface area contributed by atoms with Crippen molar-refractivity contribution in [2.45, 2.75) is 88.7 Å². The molecule has 1 saturated heterocycles. The molecule has 4 aliphatic rings. The van der Waals surface area contributed by atoms with Gasteiger partial charge in [0.15, 0.2) is 0 Å². The van der Waals surface area contributed by atoms with Crippen molar-refractivity contribution in [1.82, 2.24) is 4.90 Å². The first-order valence-electron chi connectivity index (χ1n) is 11.3. The Labute approximate surface area is 159 Å². The number of fused-ring (bicyclic) bond motifs is 2. The summed E-state index contributed by atoms with van der Waals surface area (Å²) in [5.74, 6) is 3.99. The first-order valence-corrected chi connectivity index (χ1v) is 11.3. The molecular formula is C24H35NO. The van der Waals surface area contributed by atoms with Crippen molar-refractivity contribution in [3.05, 3.63) is 29.8 Å². The largest absolute Gasteiger partial charge is 0.490 e. The monoisotopic (exact) mass is 353 g/mol. The van der Waals surface area contributed by atoms with E-state index in [0.29, 0.717) is 12.0 Å². The van der Waals surface area contributed by atoms with Gasteiger partial charge in [-0.1, -0.05) is 31.0 Å². The van der Waals surface area contributed by atoms with Crippen LogP contribution in [-0.4, -0.2) is 30.1 Å². The standard InChI is InChI=1S/C24H35NO/c1-2-6-22(5-1)26-24-8-4-3-7-23(24)20-11-13-25(14-12-20)21-16-18-9-10-19(15-18)17-21/h3-4,7-8,18-22H,1-2,5-6,9-17H2. The van der Waals surface area contributed by atoms with Crippen LogP contribution >= 0.6 is 0 Å². The summed E-state index contributed by atoms with van der Waals surface area (Å²) in [5, 5.41) is 0. The van der Waals surface area contributed by atoms with E-state index in [2.05, 4.69) is 29.2 Å². The fraction of sp³-hybridized carbons (Fsp3) is 0.750. The highest BCUT2D eigenvalue weighted by molar-refractivity contribution is 5.37. The predicted molar refractivity (Wildman–Crippen MR) is 107 cm³/mol. The molecule has 1 aliphatic heterocycles. The molecule has 0 spiro atoms. The molecule has 1 heterocycles. The summed E-state index contributed by atoms with van der Waals surface area (Å²) in [7, 11) is 0. The van der Waals surface area contributed by atoms with Gasteiger partial charge in [0.05, 0.1) is 6.10 Å². The van der Waals surface area contributed by atoms with E-state index in [9.17, 15) is 0 Å². The van der Waals surface area contributed by atoms with Crippen LogP contribution in [0.25, 0.3) is 0 Å². The molecule has 2 nitrogen and oxygen atoms in total. The van der Waals surface area contributed by atoms with Gasteiger partial charge in [-0.2, -0.15) is 0 Å². The molecule has 4 fully saturated rings. The maximum absolute atomic E-state index is 6.43. The second-order valence-electron chi connectivity index (χ2n) is 9.54. The van der Waals surface area contributed by atoms with Crippen LogP contribution in [0.3, 0.4) is 0 Å². The molecule has 2 heteroatoms. The van der Waals surface area contributed by atoms with Gasteiger partial charge in [-0.25, -0.2) is 0 Å². The van der Waals surface area contributed by atoms with Crippen LogP contribution < -0.4 is 4.74 Å². The molecule has 2 atom stereocenters. The van der Waals surface area contributed by atoms with Crippen LogP contribution in [0.1, 0.15) is 82.1 Å². The smallest absolute Gasteiger partial charge is 0.123 e. The number of piperidine rings is 1. The highest BCUT2D eigenvalue weighted by Crippen LogP contribution is 2.45. The molecule has 2 unspecified atom stereocenters. The van der Waals surface area contributed by atoms with E-state index in [1.807, 2.05) is 0 Å². The summed E-state index contributed by atoms with van der Waals surface area (Å²) >= 11 is 0. The van der Waals surface area contributed by atoms with E-state index in [4.69, 9.17) is 4.74 Å². The van der Waals surface area contributed by atoms with Crippen molar-refractivity contribution in [3.63, 3.8) is 0 Å². The lowest BCUT2D eigenvalue weighted by molar-refractivity contribution is 0.0975. The molecule has 1 aromatic carbocycles. The highest BCUT2D eigenvalue weighted by atomic mass is 16.5. The Kier molecular flexibility index (Phi) is 4.96. The fourth-order valence-electron chi connectivity index (χ4n) is 6.46. The molecule has 1 aromatic rings. The number of benzene rings is 1. The summed E-state index contributed by atoms with van der Waals surface area (Å²) in [4.78, 5) is 2.85. The Balaban J connectivity index is 1.21. The first-order chi connectivity index (χ1) is 12.8. The summed E-state index contributed by atoms with van der Waals surface area (Å²) in [6.07, 6.45) is 15.8. The number of hydrogen-bond donors (Lipinski definition) is 0. The van der Waals surface area contributed by atoms with Gasteiger partial charge in [-0.05, 0) is 100 Å². The van der Waals surface area contributed by atoms with E-state index >= 15 is 0 Å². The average Bonchev–Trinajstić information content (AvgIpc) is 3.31. The Morgan fingerprint density at radius 1 is 0.769 bits per heavy atom. The van der Waals surface area contributed by atoms with Gasteiger partial charge in [0.25, 0.3) is 0 Å². The van der Waals surface area contributed by atoms with Gasteiger partial charge < -0.3 is 9.64 Å². The zero-order chi connectivity index (χ0) is 17.3. The van der Waals surface area contributed by atoms with E-state index in [1.165, 1.54) is 88.6 Å². The van der Waals surface area contributed by atoms with Gasteiger partial charge in [0.2, 0.25) is 0 Å². The lowest BCUT2D eigenvalue weighted by Gasteiger charge is -2.41. The minimum Gasteiger partial charge on any atom is -0.490 e. The molecule has 26 heavy (non-hydrogen) atoms. The van der Waals surface area contributed by atoms with Crippen LogP contribution in [0.15, 0.2) is 24.3 Å². The Hall–Kier alpha value is -1.02. The van der Waals surface area contributed by atoms with Gasteiger partial charge >= 0.3 is 0 Å². The molecule has 5 rings (SSSR count). The number of nitrogens with zero attached hydrogens (tertiary/aromatic N) is 1. The molecular weight excluding hydrogens is 318 g/mol. The Morgan fingerprint density at radius 2 is 1.46 bits per heavy atom.